The van der Waals surface area contributed by atoms with Crippen molar-refractivity contribution < 1.29 is 31.4 Å². The minimum Gasteiger partial charge on any atom is -0.501 e. The van der Waals surface area contributed by atoms with E-state index in [1.54, 1.807) is 6.92 Å². The first-order chi connectivity index (χ1) is 11.4. The Bertz CT molecular complexity index is 1040. The van der Waals surface area contributed by atoms with Gasteiger partial charge in [-0.1, -0.05) is 17.7 Å². The number of nitro benzene ring substituents is 1. The number of nitrogens with one attached hydrogen (secondary N) is 1. The van der Waals surface area contributed by atoms with Crippen LogP contribution in [0.1, 0.15) is 5.56 Å². The first-order valence-electron chi connectivity index (χ1n) is 6.50. The second kappa shape index (κ2) is 6.31. The van der Waals surface area contributed by atoms with Gasteiger partial charge in [0.1, 0.15) is 4.90 Å². The molecule has 0 fully saturated rings. The molecule has 0 aliphatic heterocycles. The molecular weight excluding hydrogens is 376 g/mol. The number of sulfonamides is 1. The molecule has 0 saturated carbocycles. The van der Waals surface area contributed by atoms with E-state index in [4.69, 9.17) is 4.55 Å². The molecule has 2 aromatic rings. The lowest BCUT2D eigenvalue weighted by atomic mass is 10.2. The molecule has 25 heavy (non-hydrogen) atoms. The van der Waals surface area contributed by atoms with Gasteiger partial charge in [0.15, 0.2) is 0 Å². The van der Waals surface area contributed by atoms with Crippen LogP contribution in [0, 0.1) is 17.0 Å². The third-order valence-electron chi connectivity index (χ3n) is 3.13. The van der Waals surface area contributed by atoms with Gasteiger partial charge in [-0.15, -0.1) is 0 Å². The molecule has 2 rings (SSSR count). The summed E-state index contributed by atoms with van der Waals surface area (Å²) in [6, 6.07) is 6.51. The normalized spacial score (nSPS) is 11.9. The van der Waals surface area contributed by atoms with Crippen molar-refractivity contribution in [3.05, 3.63) is 52.1 Å². The Morgan fingerprint density at radius 1 is 1.04 bits per heavy atom. The Morgan fingerprint density at radius 2 is 1.60 bits per heavy atom. The van der Waals surface area contributed by atoms with Crippen LogP contribution in [0.25, 0.3) is 0 Å². The molecule has 0 bridgehead atoms. The molecule has 0 aromatic heterocycles. The maximum absolute atomic E-state index is 12.3. The lowest BCUT2D eigenvalue weighted by Crippen LogP contribution is -2.14. The second-order valence-electron chi connectivity index (χ2n) is 4.99. The molecule has 12 heteroatoms. The van der Waals surface area contributed by atoms with Crippen LogP contribution < -0.4 is 4.72 Å². The Hall–Kier alpha value is -2.70. The second-order valence-corrected chi connectivity index (χ2v) is 8.09. The number of nitrogens with zero attached hydrogens (tertiary/aromatic N) is 1. The van der Waals surface area contributed by atoms with Crippen LogP contribution in [0.3, 0.4) is 0 Å². The molecule has 2 aromatic carbocycles. The molecular formula is C13H12N2O8S2. The van der Waals surface area contributed by atoms with Gasteiger partial charge in [0.05, 0.1) is 15.5 Å². The largest absolute Gasteiger partial charge is 0.501 e. The van der Waals surface area contributed by atoms with E-state index in [-0.39, 0.29) is 4.90 Å². The van der Waals surface area contributed by atoms with Crippen LogP contribution in [0.5, 0.6) is 5.75 Å². The van der Waals surface area contributed by atoms with Crippen LogP contribution in [0.2, 0.25) is 0 Å². The summed E-state index contributed by atoms with van der Waals surface area (Å²) in [5.74, 6) is -1.09. The van der Waals surface area contributed by atoms with Crippen LogP contribution in [0.15, 0.2) is 46.2 Å². The average Bonchev–Trinajstić information content (AvgIpc) is 2.48. The average molecular weight is 388 g/mol. The monoisotopic (exact) mass is 388 g/mol. The molecule has 0 heterocycles. The van der Waals surface area contributed by atoms with Gasteiger partial charge in [0.25, 0.3) is 20.1 Å². The number of hydrogen-bond acceptors (Lipinski definition) is 7. The van der Waals surface area contributed by atoms with Crippen molar-refractivity contribution in [3.63, 3.8) is 0 Å². The number of phenolic OH excluding ortho intramolecular Hbond substituents is 1. The Kier molecular flexibility index (Phi) is 4.70. The first kappa shape index (κ1) is 18.6. The van der Waals surface area contributed by atoms with Crippen LogP contribution >= 0.6 is 0 Å². The van der Waals surface area contributed by atoms with Gasteiger partial charge in [-0.2, -0.15) is 8.42 Å². The third-order valence-corrected chi connectivity index (χ3v) is 5.35. The van der Waals surface area contributed by atoms with Crippen molar-refractivity contribution in [1.82, 2.24) is 0 Å². The maximum Gasteiger partial charge on any atom is 0.314 e. The molecule has 0 spiro atoms. The summed E-state index contributed by atoms with van der Waals surface area (Å²) in [6.07, 6.45) is 0. The number of aromatic hydroxyl groups is 1. The summed E-state index contributed by atoms with van der Waals surface area (Å²) in [6.45, 7) is 1.73. The van der Waals surface area contributed by atoms with E-state index in [2.05, 4.69) is 0 Å². The highest BCUT2D eigenvalue weighted by Crippen LogP contribution is 2.37. The van der Waals surface area contributed by atoms with E-state index in [1.807, 2.05) is 4.72 Å². The molecule has 0 saturated heterocycles. The van der Waals surface area contributed by atoms with Crippen LogP contribution in [0.4, 0.5) is 11.4 Å². The Morgan fingerprint density at radius 3 is 2.08 bits per heavy atom. The standard InChI is InChI=1S/C13H12N2O8S2/c1-8-2-4-9(5-3-8)24(19,20)14-11-6-10(25(21,22)23)7-12(13(11)16)15(17)18/h2-7,14,16H,1H3,(H,21,22,23). The summed E-state index contributed by atoms with van der Waals surface area (Å²) in [7, 11) is -9.14. The maximum atomic E-state index is 12.3. The SMILES string of the molecule is Cc1ccc(S(=O)(=O)Nc2cc(S(=O)(=O)O)cc([N+](=O)[O-])c2O)cc1. The zero-order valence-corrected chi connectivity index (χ0v) is 14.2. The van der Waals surface area contributed by atoms with Gasteiger partial charge in [-0.3, -0.25) is 19.4 Å². The number of benzene rings is 2. The summed E-state index contributed by atoms with van der Waals surface area (Å²) in [4.78, 5) is 8.64. The molecule has 10 nitrogen and oxygen atoms in total. The van der Waals surface area contributed by atoms with Gasteiger partial charge < -0.3 is 5.11 Å². The minimum absolute atomic E-state index is 0.211. The molecule has 0 radical (unpaired) electrons. The number of aryl methyl sites for hydroxylation is 1. The molecule has 0 aliphatic carbocycles. The van der Waals surface area contributed by atoms with Crippen molar-refractivity contribution in [3.8, 4) is 5.75 Å². The zero-order valence-electron chi connectivity index (χ0n) is 12.6. The smallest absolute Gasteiger partial charge is 0.314 e. The van der Waals surface area contributed by atoms with Gasteiger partial charge in [-0.25, -0.2) is 8.42 Å². The molecule has 0 atom stereocenters. The summed E-state index contributed by atoms with van der Waals surface area (Å²) in [5, 5.41) is 20.8. The topological polar surface area (TPSA) is 164 Å². The molecule has 0 unspecified atom stereocenters. The highest BCUT2D eigenvalue weighted by Gasteiger charge is 2.26. The van der Waals surface area contributed by atoms with E-state index in [9.17, 15) is 32.1 Å². The highest BCUT2D eigenvalue weighted by atomic mass is 32.2. The summed E-state index contributed by atoms with van der Waals surface area (Å²) in [5.41, 5.74) is -1.06. The van der Waals surface area contributed by atoms with E-state index in [1.165, 1.54) is 24.3 Å². The lowest BCUT2D eigenvalue weighted by molar-refractivity contribution is -0.386. The van der Waals surface area contributed by atoms with Crippen molar-refractivity contribution >= 4 is 31.5 Å². The van der Waals surface area contributed by atoms with Gasteiger partial charge >= 0.3 is 5.69 Å². The number of anilines is 1. The molecule has 3 N–H and O–H groups in total. The number of hydrogen-bond donors (Lipinski definition) is 3. The number of nitro groups is 1. The molecule has 0 aliphatic rings. The van der Waals surface area contributed by atoms with Crippen molar-refractivity contribution in [2.75, 3.05) is 4.72 Å². The fourth-order valence-electron chi connectivity index (χ4n) is 1.88. The van der Waals surface area contributed by atoms with E-state index < -0.39 is 47.1 Å². The van der Waals surface area contributed by atoms with Crippen LogP contribution in [-0.2, 0) is 20.1 Å². The van der Waals surface area contributed by atoms with E-state index >= 15 is 0 Å². The minimum atomic E-state index is -4.87. The Labute approximate surface area is 142 Å². The molecule has 0 amide bonds. The van der Waals surface area contributed by atoms with Crippen molar-refractivity contribution in [2.45, 2.75) is 16.7 Å². The molecule has 134 valence electrons. The fourth-order valence-corrected chi connectivity index (χ4v) is 3.47. The van der Waals surface area contributed by atoms with E-state index in [0.717, 1.165) is 5.56 Å². The van der Waals surface area contributed by atoms with Gasteiger partial charge in [0.2, 0.25) is 5.75 Å². The van der Waals surface area contributed by atoms with Gasteiger partial charge in [-0.05, 0) is 25.1 Å². The van der Waals surface area contributed by atoms with Crippen molar-refractivity contribution in [1.29, 1.82) is 0 Å². The lowest BCUT2D eigenvalue weighted by Gasteiger charge is -2.11. The van der Waals surface area contributed by atoms with E-state index in [0.29, 0.717) is 12.1 Å². The number of rotatable bonds is 5. The summed E-state index contributed by atoms with van der Waals surface area (Å²) < 4.78 is 58.0. The Balaban J connectivity index is 2.60. The fraction of sp³-hybridized carbons (Fsp3) is 0.0769. The van der Waals surface area contributed by atoms with Crippen LogP contribution in [-0.4, -0.2) is 31.4 Å². The predicted octanol–water partition coefficient (Wildman–Crippen LogP) is 1.66. The van der Waals surface area contributed by atoms with Crippen molar-refractivity contribution in [2.24, 2.45) is 0 Å². The summed E-state index contributed by atoms with van der Waals surface area (Å²) >= 11 is 0. The number of phenols is 1. The third kappa shape index (κ3) is 4.04. The highest BCUT2D eigenvalue weighted by molar-refractivity contribution is 7.92. The predicted molar refractivity (Wildman–Crippen MR) is 86.6 cm³/mol. The first-order valence-corrected chi connectivity index (χ1v) is 9.42. The quantitative estimate of drug-likeness (QED) is 0.301. The zero-order chi connectivity index (χ0) is 19.0. The van der Waals surface area contributed by atoms with Gasteiger partial charge in [0, 0.05) is 6.07 Å².